The highest BCUT2D eigenvalue weighted by Gasteiger charge is 2.15. The molecule has 0 unspecified atom stereocenters. The zero-order valence-corrected chi connectivity index (χ0v) is 11.9. The smallest absolute Gasteiger partial charge is 0.252 e. The number of amides is 1. The lowest BCUT2D eigenvalue weighted by Crippen LogP contribution is -2.27. The SMILES string of the molecule is N#C[C@H](NC(=O)c1ccc(Br)cc1)c1ccc(F)cc1. The third kappa shape index (κ3) is 3.43. The van der Waals surface area contributed by atoms with Gasteiger partial charge in [-0.3, -0.25) is 4.79 Å². The summed E-state index contributed by atoms with van der Waals surface area (Å²) >= 11 is 3.28. The molecule has 2 rings (SSSR count). The molecule has 0 spiro atoms. The normalized spacial score (nSPS) is 11.4. The molecule has 5 heteroatoms. The van der Waals surface area contributed by atoms with Crippen LogP contribution in [0.1, 0.15) is 22.0 Å². The first kappa shape index (κ1) is 14.2. The Morgan fingerprint density at radius 1 is 1.15 bits per heavy atom. The molecule has 0 bridgehead atoms. The zero-order chi connectivity index (χ0) is 14.5. The van der Waals surface area contributed by atoms with Crippen molar-refractivity contribution in [1.82, 2.24) is 5.32 Å². The molecule has 1 amide bonds. The number of rotatable bonds is 3. The van der Waals surface area contributed by atoms with E-state index in [2.05, 4.69) is 21.2 Å². The third-order valence-electron chi connectivity index (χ3n) is 2.71. The summed E-state index contributed by atoms with van der Waals surface area (Å²) in [7, 11) is 0. The van der Waals surface area contributed by atoms with Crippen molar-refractivity contribution < 1.29 is 9.18 Å². The molecule has 0 aliphatic heterocycles. The summed E-state index contributed by atoms with van der Waals surface area (Å²) in [6.45, 7) is 0. The molecule has 0 fully saturated rings. The van der Waals surface area contributed by atoms with Gasteiger partial charge in [0.25, 0.3) is 5.91 Å². The van der Waals surface area contributed by atoms with Crippen molar-refractivity contribution in [2.24, 2.45) is 0 Å². The van der Waals surface area contributed by atoms with E-state index in [4.69, 9.17) is 5.26 Å². The number of nitrogens with zero attached hydrogens (tertiary/aromatic N) is 1. The minimum Gasteiger partial charge on any atom is -0.333 e. The molecule has 0 saturated carbocycles. The first-order chi connectivity index (χ1) is 9.60. The van der Waals surface area contributed by atoms with E-state index in [1.54, 1.807) is 24.3 Å². The van der Waals surface area contributed by atoms with E-state index in [-0.39, 0.29) is 11.7 Å². The van der Waals surface area contributed by atoms with E-state index in [1.807, 2.05) is 6.07 Å². The van der Waals surface area contributed by atoms with Crippen molar-refractivity contribution in [3.8, 4) is 6.07 Å². The Morgan fingerprint density at radius 2 is 1.75 bits per heavy atom. The molecule has 0 aliphatic rings. The number of benzene rings is 2. The minimum atomic E-state index is -0.813. The van der Waals surface area contributed by atoms with Gasteiger partial charge in [-0.2, -0.15) is 5.26 Å². The second-order valence-corrected chi connectivity index (χ2v) is 5.01. The highest BCUT2D eigenvalue weighted by molar-refractivity contribution is 9.10. The van der Waals surface area contributed by atoms with Crippen LogP contribution in [0.3, 0.4) is 0 Å². The van der Waals surface area contributed by atoms with E-state index in [0.29, 0.717) is 11.1 Å². The fourth-order valence-corrected chi connectivity index (χ4v) is 1.93. The molecular formula is C15H10BrFN2O. The second-order valence-electron chi connectivity index (χ2n) is 4.09. The predicted molar refractivity (Wildman–Crippen MR) is 76.4 cm³/mol. The molecule has 0 radical (unpaired) electrons. The number of carbonyl (C=O) groups is 1. The van der Waals surface area contributed by atoms with Crippen LogP contribution in [0.2, 0.25) is 0 Å². The number of hydrogen-bond acceptors (Lipinski definition) is 2. The highest BCUT2D eigenvalue weighted by atomic mass is 79.9. The molecule has 1 N–H and O–H groups in total. The Labute approximate surface area is 124 Å². The Morgan fingerprint density at radius 3 is 2.30 bits per heavy atom. The predicted octanol–water partition coefficient (Wildman–Crippen LogP) is 3.58. The first-order valence-corrected chi connectivity index (χ1v) is 6.61. The molecule has 3 nitrogen and oxygen atoms in total. The maximum atomic E-state index is 12.8. The van der Waals surface area contributed by atoms with Gasteiger partial charge in [0.05, 0.1) is 6.07 Å². The van der Waals surface area contributed by atoms with Gasteiger partial charge in [0.15, 0.2) is 0 Å². The van der Waals surface area contributed by atoms with Crippen molar-refractivity contribution in [2.45, 2.75) is 6.04 Å². The number of carbonyl (C=O) groups excluding carboxylic acids is 1. The summed E-state index contributed by atoms with van der Waals surface area (Å²) in [5.41, 5.74) is 0.995. The van der Waals surface area contributed by atoms with Gasteiger partial charge in [0.2, 0.25) is 0 Å². The lowest BCUT2D eigenvalue weighted by Gasteiger charge is -2.12. The Balaban J connectivity index is 2.14. The van der Waals surface area contributed by atoms with Crippen LogP contribution in [0.5, 0.6) is 0 Å². The first-order valence-electron chi connectivity index (χ1n) is 5.81. The van der Waals surface area contributed by atoms with Crippen LogP contribution in [-0.4, -0.2) is 5.91 Å². The van der Waals surface area contributed by atoms with E-state index >= 15 is 0 Å². The van der Waals surface area contributed by atoms with Crippen molar-refractivity contribution in [2.75, 3.05) is 0 Å². The molecule has 0 heterocycles. The van der Waals surface area contributed by atoms with Crippen LogP contribution >= 0.6 is 15.9 Å². The van der Waals surface area contributed by atoms with Crippen LogP contribution in [0.4, 0.5) is 4.39 Å². The zero-order valence-electron chi connectivity index (χ0n) is 10.3. The molecule has 0 aromatic heterocycles. The molecule has 20 heavy (non-hydrogen) atoms. The Hall–Kier alpha value is -2.19. The second kappa shape index (κ2) is 6.31. The number of halogens is 2. The van der Waals surface area contributed by atoms with Gasteiger partial charge in [0, 0.05) is 10.0 Å². The molecule has 100 valence electrons. The molecular weight excluding hydrogens is 323 g/mol. The lowest BCUT2D eigenvalue weighted by atomic mass is 10.1. The quantitative estimate of drug-likeness (QED) is 0.933. The maximum Gasteiger partial charge on any atom is 0.252 e. The summed E-state index contributed by atoms with van der Waals surface area (Å²) < 4.78 is 13.7. The molecule has 2 aromatic carbocycles. The summed E-state index contributed by atoms with van der Waals surface area (Å²) in [5.74, 6) is -0.738. The average Bonchev–Trinajstić information content (AvgIpc) is 2.46. The van der Waals surface area contributed by atoms with E-state index in [1.165, 1.54) is 24.3 Å². The van der Waals surface area contributed by atoms with Gasteiger partial charge in [-0.05, 0) is 42.0 Å². The maximum absolute atomic E-state index is 12.8. The van der Waals surface area contributed by atoms with Crippen LogP contribution < -0.4 is 5.32 Å². The monoisotopic (exact) mass is 332 g/mol. The van der Waals surface area contributed by atoms with Gasteiger partial charge in [-0.25, -0.2) is 4.39 Å². The van der Waals surface area contributed by atoms with Gasteiger partial charge >= 0.3 is 0 Å². The number of hydrogen-bond donors (Lipinski definition) is 1. The fraction of sp³-hybridized carbons (Fsp3) is 0.0667. The van der Waals surface area contributed by atoms with Crippen molar-refractivity contribution in [3.63, 3.8) is 0 Å². The van der Waals surface area contributed by atoms with Crippen LogP contribution in [-0.2, 0) is 0 Å². The van der Waals surface area contributed by atoms with Crippen LogP contribution in [0, 0.1) is 17.1 Å². The Bertz CT molecular complexity index is 647. The number of nitrogens with one attached hydrogen (secondary N) is 1. The topological polar surface area (TPSA) is 52.9 Å². The van der Waals surface area contributed by atoms with Gasteiger partial charge in [-0.1, -0.05) is 28.1 Å². The highest BCUT2D eigenvalue weighted by Crippen LogP contribution is 2.15. The Kier molecular flexibility index (Phi) is 4.49. The van der Waals surface area contributed by atoms with E-state index in [9.17, 15) is 9.18 Å². The van der Waals surface area contributed by atoms with Gasteiger partial charge in [-0.15, -0.1) is 0 Å². The third-order valence-corrected chi connectivity index (χ3v) is 3.24. The standard InChI is InChI=1S/C15H10BrFN2O/c16-12-5-1-11(2-6-12)15(20)19-14(9-18)10-3-7-13(17)8-4-10/h1-8,14H,(H,19,20)/t14-/m0/s1. The van der Waals surface area contributed by atoms with E-state index < -0.39 is 6.04 Å². The molecule has 0 aliphatic carbocycles. The van der Waals surface area contributed by atoms with Crippen molar-refractivity contribution in [1.29, 1.82) is 5.26 Å². The summed E-state index contributed by atoms with van der Waals surface area (Å²) in [5, 5.41) is 11.7. The average molecular weight is 333 g/mol. The largest absolute Gasteiger partial charge is 0.333 e. The fourth-order valence-electron chi connectivity index (χ4n) is 1.66. The summed E-state index contributed by atoms with van der Waals surface area (Å²) in [6, 6.07) is 13.4. The van der Waals surface area contributed by atoms with Gasteiger partial charge < -0.3 is 5.32 Å². The van der Waals surface area contributed by atoms with Crippen molar-refractivity contribution in [3.05, 3.63) is 69.9 Å². The van der Waals surface area contributed by atoms with Crippen LogP contribution in [0.15, 0.2) is 53.0 Å². The van der Waals surface area contributed by atoms with Crippen molar-refractivity contribution >= 4 is 21.8 Å². The number of nitriles is 1. The minimum absolute atomic E-state index is 0.353. The van der Waals surface area contributed by atoms with Crippen LogP contribution in [0.25, 0.3) is 0 Å². The summed E-state index contributed by atoms with van der Waals surface area (Å²) in [6.07, 6.45) is 0. The molecule has 1 atom stereocenters. The van der Waals surface area contributed by atoms with E-state index in [0.717, 1.165) is 4.47 Å². The molecule has 0 saturated heterocycles. The summed E-state index contributed by atoms with van der Waals surface area (Å²) in [4.78, 5) is 12.0. The lowest BCUT2D eigenvalue weighted by molar-refractivity contribution is 0.0945. The van der Waals surface area contributed by atoms with Gasteiger partial charge in [0.1, 0.15) is 11.9 Å². The molecule has 2 aromatic rings.